The lowest BCUT2D eigenvalue weighted by molar-refractivity contribution is 0.427. The number of aromatic nitrogens is 1. The van der Waals surface area contributed by atoms with Gasteiger partial charge < -0.3 is 10.3 Å². The maximum Gasteiger partial charge on any atom is 0.231 e. The minimum atomic E-state index is 0.409. The van der Waals surface area contributed by atoms with E-state index in [1.165, 1.54) is 11.1 Å². The molecule has 3 aromatic rings. The molecule has 4 heteroatoms. The van der Waals surface area contributed by atoms with E-state index in [2.05, 4.69) is 36.3 Å². The molecule has 0 atom stereocenters. The highest BCUT2D eigenvalue weighted by atomic mass is 32.1. The third kappa shape index (κ3) is 2.47. The molecule has 0 spiro atoms. The first-order valence-electron chi connectivity index (χ1n) is 6.58. The van der Waals surface area contributed by atoms with Gasteiger partial charge in [0.1, 0.15) is 0 Å². The maximum atomic E-state index is 5.91. The van der Waals surface area contributed by atoms with E-state index in [1.54, 1.807) is 11.3 Å². The van der Waals surface area contributed by atoms with Crippen molar-refractivity contribution < 1.29 is 4.52 Å². The minimum absolute atomic E-state index is 0.409. The largest absolute Gasteiger partial charge is 0.367 e. The van der Waals surface area contributed by atoms with E-state index in [1.807, 2.05) is 17.5 Å². The van der Waals surface area contributed by atoms with Crippen molar-refractivity contribution in [1.29, 1.82) is 0 Å². The second kappa shape index (κ2) is 5.51. The Morgan fingerprint density at radius 1 is 1.15 bits per heavy atom. The van der Waals surface area contributed by atoms with Gasteiger partial charge in [-0.3, -0.25) is 0 Å². The average molecular weight is 284 g/mol. The summed E-state index contributed by atoms with van der Waals surface area (Å²) in [5.74, 6) is 0.409. The highest BCUT2D eigenvalue weighted by Crippen LogP contribution is 2.33. The molecule has 0 radical (unpaired) electrons. The summed E-state index contributed by atoms with van der Waals surface area (Å²) in [6.45, 7) is 2.13. The predicted octanol–water partition coefficient (Wildman–Crippen LogP) is 4.08. The van der Waals surface area contributed by atoms with E-state index in [4.69, 9.17) is 10.3 Å². The molecular formula is C16H16N2OS. The summed E-state index contributed by atoms with van der Waals surface area (Å²) in [6.07, 6.45) is 1.77. The zero-order valence-corrected chi connectivity index (χ0v) is 12.1. The lowest BCUT2D eigenvalue weighted by Gasteiger charge is -2.04. The molecule has 102 valence electrons. The van der Waals surface area contributed by atoms with Crippen LogP contribution in [0.2, 0.25) is 0 Å². The molecule has 0 aliphatic carbocycles. The van der Waals surface area contributed by atoms with Crippen LogP contribution < -0.4 is 5.73 Å². The smallest absolute Gasteiger partial charge is 0.231 e. The van der Waals surface area contributed by atoms with Gasteiger partial charge in [-0.25, -0.2) is 0 Å². The van der Waals surface area contributed by atoms with Crippen LogP contribution in [0.3, 0.4) is 0 Å². The van der Waals surface area contributed by atoms with E-state index < -0.39 is 0 Å². The normalized spacial score (nSPS) is 10.8. The number of nitrogens with zero attached hydrogens (tertiary/aromatic N) is 1. The maximum absolute atomic E-state index is 5.91. The number of anilines is 1. The summed E-state index contributed by atoms with van der Waals surface area (Å²) < 4.78 is 5.17. The molecule has 0 fully saturated rings. The van der Waals surface area contributed by atoms with E-state index >= 15 is 0 Å². The molecule has 2 aromatic heterocycles. The minimum Gasteiger partial charge on any atom is -0.367 e. The number of aryl methyl sites for hydroxylation is 3. The molecule has 3 nitrogen and oxygen atoms in total. The van der Waals surface area contributed by atoms with Crippen LogP contribution in [0.5, 0.6) is 0 Å². The first-order valence-corrected chi connectivity index (χ1v) is 7.46. The van der Waals surface area contributed by atoms with Crippen LogP contribution in [0.25, 0.3) is 10.4 Å². The quantitative estimate of drug-likeness (QED) is 0.785. The number of benzene rings is 1. The van der Waals surface area contributed by atoms with Crippen molar-refractivity contribution >= 4 is 17.2 Å². The van der Waals surface area contributed by atoms with Gasteiger partial charge in [-0.15, -0.1) is 11.3 Å². The van der Waals surface area contributed by atoms with E-state index in [-0.39, 0.29) is 0 Å². The Bertz CT molecular complexity index is 701. The van der Waals surface area contributed by atoms with Crippen LogP contribution in [0.15, 0.2) is 46.3 Å². The summed E-state index contributed by atoms with van der Waals surface area (Å²) in [7, 11) is 0. The monoisotopic (exact) mass is 284 g/mol. The molecule has 0 unspecified atom stereocenters. The Morgan fingerprint density at radius 2 is 2.00 bits per heavy atom. The van der Waals surface area contributed by atoms with Crippen LogP contribution in [-0.2, 0) is 12.8 Å². The third-order valence-corrected chi connectivity index (χ3v) is 4.34. The van der Waals surface area contributed by atoms with Crippen molar-refractivity contribution in [3.05, 3.63) is 58.6 Å². The Kier molecular flexibility index (Phi) is 3.56. The van der Waals surface area contributed by atoms with Gasteiger partial charge in [0, 0.05) is 4.88 Å². The van der Waals surface area contributed by atoms with Crippen molar-refractivity contribution in [2.75, 3.05) is 5.73 Å². The van der Waals surface area contributed by atoms with Gasteiger partial charge in [0.05, 0.1) is 11.3 Å². The van der Waals surface area contributed by atoms with Crippen LogP contribution >= 0.6 is 11.3 Å². The molecule has 1 aromatic carbocycles. The molecule has 2 N–H and O–H groups in total. The van der Waals surface area contributed by atoms with E-state index in [0.29, 0.717) is 5.88 Å². The second-order valence-electron chi connectivity index (χ2n) is 4.77. The topological polar surface area (TPSA) is 52.0 Å². The summed E-state index contributed by atoms with van der Waals surface area (Å²) in [4.78, 5) is 1.11. The fourth-order valence-corrected chi connectivity index (χ4v) is 3.13. The van der Waals surface area contributed by atoms with Gasteiger partial charge in [0.15, 0.2) is 0 Å². The van der Waals surface area contributed by atoms with Crippen molar-refractivity contribution in [3.63, 3.8) is 0 Å². The van der Waals surface area contributed by atoms with Gasteiger partial charge in [-0.05, 0) is 42.3 Å². The fourth-order valence-electron chi connectivity index (χ4n) is 2.34. The molecule has 0 saturated carbocycles. The number of hydrogen-bond donors (Lipinski definition) is 1. The summed E-state index contributed by atoms with van der Waals surface area (Å²) >= 11 is 1.65. The Labute approximate surface area is 122 Å². The van der Waals surface area contributed by atoms with Crippen molar-refractivity contribution in [1.82, 2.24) is 5.16 Å². The zero-order chi connectivity index (χ0) is 13.9. The highest BCUT2D eigenvalue weighted by molar-refractivity contribution is 7.13. The average Bonchev–Trinajstić information content (AvgIpc) is 3.07. The molecular weight excluding hydrogens is 268 g/mol. The van der Waals surface area contributed by atoms with Crippen molar-refractivity contribution in [2.24, 2.45) is 0 Å². The van der Waals surface area contributed by atoms with Crippen LogP contribution in [0.4, 0.5) is 5.88 Å². The van der Waals surface area contributed by atoms with Crippen molar-refractivity contribution in [3.8, 4) is 10.4 Å². The van der Waals surface area contributed by atoms with Crippen LogP contribution in [0, 0.1) is 6.92 Å². The van der Waals surface area contributed by atoms with Crippen LogP contribution in [-0.4, -0.2) is 5.16 Å². The molecule has 0 bridgehead atoms. The van der Waals surface area contributed by atoms with E-state index in [0.717, 1.165) is 29.0 Å². The molecule has 2 heterocycles. The molecule has 3 rings (SSSR count). The Morgan fingerprint density at radius 3 is 2.75 bits per heavy atom. The second-order valence-corrected chi connectivity index (χ2v) is 5.72. The number of hydrogen-bond acceptors (Lipinski definition) is 4. The fraction of sp³-hybridized carbons (Fsp3) is 0.188. The number of nitrogen functional groups attached to an aromatic ring is 1. The predicted molar refractivity (Wildman–Crippen MR) is 82.8 cm³/mol. The number of rotatable bonds is 4. The Balaban J connectivity index is 1.84. The zero-order valence-electron chi connectivity index (χ0n) is 11.3. The van der Waals surface area contributed by atoms with Gasteiger partial charge in [-0.2, -0.15) is 0 Å². The van der Waals surface area contributed by atoms with Gasteiger partial charge in [-0.1, -0.05) is 35.5 Å². The van der Waals surface area contributed by atoms with Crippen molar-refractivity contribution in [2.45, 2.75) is 19.8 Å². The summed E-state index contributed by atoms with van der Waals surface area (Å²) in [5.41, 5.74) is 10.4. The van der Waals surface area contributed by atoms with Crippen LogP contribution in [0.1, 0.15) is 16.8 Å². The van der Waals surface area contributed by atoms with Gasteiger partial charge in [0.2, 0.25) is 5.88 Å². The van der Waals surface area contributed by atoms with E-state index in [9.17, 15) is 0 Å². The molecule has 0 aliphatic heterocycles. The molecule has 0 aliphatic rings. The molecule has 20 heavy (non-hydrogen) atoms. The number of nitrogens with two attached hydrogens (primary N) is 1. The molecule has 0 saturated heterocycles. The Hall–Kier alpha value is -2.07. The first-order chi connectivity index (χ1) is 9.75. The third-order valence-electron chi connectivity index (χ3n) is 3.45. The standard InChI is InChI=1S/C16H16N2OS/c1-11-5-2-3-6-12(11)8-9-13-15(16(17)19-18-13)14-7-4-10-20-14/h2-7,10H,8-9,17H2,1H3. The van der Waals surface area contributed by atoms with Gasteiger partial charge >= 0.3 is 0 Å². The molecule has 0 amide bonds. The lowest BCUT2D eigenvalue weighted by Crippen LogP contribution is -1.96. The lowest BCUT2D eigenvalue weighted by atomic mass is 10.0. The highest BCUT2D eigenvalue weighted by Gasteiger charge is 2.16. The summed E-state index contributed by atoms with van der Waals surface area (Å²) in [5, 5.41) is 6.16. The SMILES string of the molecule is Cc1ccccc1CCc1noc(N)c1-c1cccs1. The van der Waals surface area contributed by atoms with Gasteiger partial charge in [0.25, 0.3) is 0 Å². The summed E-state index contributed by atoms with van der Waals surface area (Å²) in [6, 6.07) is 12.5. The first kappa shape index (κ1) is 12.9. The number of thiophene rings is 1.